The summed E-state index contributed by atoms with van der Waals surface area (Å²) in [5, 5.41) is 5.62. The lowest BCUT2D eigenvalue weighted by Gasteiger charge is -2.27. The zero-order valence-corrected chi connectivity index (χ0v) is 21.2. The molecule has 0 unspecified atom stereocenters. The van der Waals surface area contributed by atoms with E-state index in [0.29, 0.717) is 16.1 Å². The van der Waals surface area contributed by atoms with Crippen molar-refractivity contribution < 1.29 is 28.3 Å². The summed E-state index contributed by atoms with van der Waals surface area (Å²) >= 11 is 6.32. The molecule has 36 heavy (non-hydrogen) atoms. The molecule has 0 heterocycles. The zero-order chi connectivity index (χ0) is 26.6. The van der Waals surface area contributed by atoms with E-state index in [1.807, 2.05) is 0 Å². The fraction of sp³-hybridized carbons (Fsp3) is 0.360. The number of rotatable bonds is 5. The molecule has 0 aromatic heterocycles. The number of nitrogens with zero attached hydrogens (tertiary/aromatic N) is 1. The van der Waals surface area contributed by atoms with Gasteiger partial charge in [-0.15, -0.1) is 0 Å². The lowest BCUT2D eigenvalue weighted by molar-refractivity contribution is -0.122. The fourth-order valence-electron chi connectivity index (χ4n) is 3.16. The zero-order valence-electron chi connectivity index (χ0n) is 20.4. The van der Waals surface area contributed by atoms with Crippen LogP contribution in [0, 0.1) is 18.7 Å². The minimum atomic E-state index is -1.10. The van der Waals surface area contributed by atoms with Gasteiger partial charge in [0, 0.05) is 12.5 Å². The van der Waals surface area contributed by atoms with Crippen molar-refractivity contribution in [1.82, 2.24) is 16.1 Å². The largest absolute Gasteiger partial charge is 0.443 e. The Morgan fingerprint density at radius 1 is 1.11 bits per heavy atom. The van der Waals surface area contributed by atoms with Crippen LogP contribution in [-0.4, -0.2) is 29.5 Å². The average molecular weight is 519 g/mol. The van der Waals surface area contributed by atoms with Gasteiger partial charge >= 0.3 is 12.1 Å². The molecule has 1 aliphatic carbocycles. The number of aryl methyl sites for hydroxylation is 1. The van der Waals surface area contributed by atoms with E-state index in [1.54, 1.807) is 33.8 Å². The third-order valence-electron chi connectivity index (χ3n) is 5.06. The number of hydrogen-bond acceptors (Lipinski definition) is 5. The van der Waals surface area contributed by atoms with Gasteiger partial charge in [0.15, 0.2) is 0 Å². The van der Waals surface area contributed by atoms with E-state index >= 15 is 0 Å². The second-order valence-electron chi connectivity index (χ2n) is 9.47. The van der Waals surface area contributed by atoms with Gasteiger partial charge in [-0.1, -0.05) is 23.7 Å². The van der Waals surface area contributed by atoms with Gasteiger partial charge in [0.2, 0.25) is 5.91 Å². The first-order chi connectivity index (χ1) is 16.8. The van der Waals surface area contributed by atoms with Crippen LogP contribution in [0.25, 0.3) is 0 Å². The number of ether oxygens (including phenoxy) is 1. The van der Waals surface area contributed by atoms with Crippen LogP contribution in [0.2, 0.25) is 5.02 Å². The van der Waals surface area contributed by atoms with Gasteiger partial charge in [-0.2, -0.15) is 5.01 Å². The summed E-state index contributed by atoms with van der Waals surface area (Å²) in [5.41, 5.74) is 2.23. The number of imide groups is 1. The number of hydrazine groups is 1. The number of halogens is 2. The minimum Gasteiger partial charge on any atom is -0.443 e. The predicted octanol–water partition coefficient (Wildman–Crippen LogP) is 4.61. The highest BCUT2D eigenvalue weighted by atomic mass is 35.5. The van der Waals surface area contributed by atoms with E-state index in [9.17, 15) is 23.6 Å². The standard InChI is InChI=1S/C25H28ClFN4O5/c1-14-5-9-17(19(27)11-14)22(33)29-23(34)31(30-24(35)36-25(2,3)4)20-12-15(6-10-18(20)26)13-28-21(32)16-7-8-16/h5-6,9-12,16H,7-8,13H2,1-4H3,(H,28,32)(H,30,35)(H,29,33,34). The molecule has 3 rings (SSSR count). The summed E-state index contributed by atoms with van der Waals surface area (Å²) in [7, 11) is 0. The van der Waals surface area contributed by atoms with Gasteiger partial charge in [0.05, 0.1) is 16.3 Å². The van der Waals surface area contributed by atoms with Crippen molar-refractivity contribution in [3.8, 4) is 0 Å². The highest BCUT2D eigenvalue weighted by Gasteiger charge is 2.30. The van der Waals surface area contributed by atoms with Crippen LogP contribution in [-0.2, 0) is 16.1 Å². The summed E-state index contributed by atoms with van der Waals surface area (Å²) < 4.78 is 19.5. The first-order valence-electron chi connectivity index (χ1n) is 11.3. The molecule has 2 aromatic rings. The van der Waals surface area contributed by atoms with Crippen molar-refractivity contribution in [3.63, 3.8) is 0 Å². The quantitative estimate of drug-likeness (QED) is 0.500. The molecule has 1 saturated carbocycles. The topological polar surface area (TPSA) is 117 Å². The molecule has 2 aromatic carbocycles. The lowest BCUT2D eigenvalue weighted by atomic mass is 10.1. The van der Waals surface area contributed by atoms with Gasteiger partial charge in [0.1, 0.15) is 11.4 Å². The highest BCUT2D eigenvalue weighted by molar-refractivity contribution is 6.34. The minimum absolute atomic E-state index is 0.00961. The Morgan fingerprint density at radius 2 is 1.81 bits per heavy atom. The van der Waals surface area contributed by atoms with Crippen molar-refractivity contribution in [2.75, 3.05) is 5.01 Å². The number of carbonyl (C=O) groups excluding carboxylic acids is 4. The molecule has 192 valence electrons. The number of anilines is 1. The Bertz CT molecular complexity index is 1190. The molecule has 1 aliphatic rings. The summed E-state index contributed by atoms with van der Waals surface area (Å²) in [5.74, 6) is -1.88. The van der Waals surface area contributed by atoms with Gasteiger partial charge in [-0.3, -0.25) is 14.9 Å². The van der Waals surface area contributed by atoms with E-state index < -0.39 is 29.4 Å². The molecule has 9 nitrogen and oxygen atoms in total. The van der Waals surface area contributed by atoms with Crippen LogP contribution in [0.4, 0.5) is 19.7 Å². The summed E-state index contributed by atoms with van der Waals surface area (Å²) in [6, 6.07) is 7.43. The van der Waals surface area contributed by atoms with E-state index in [1.165, 1.54) is 24.3 Å². The molecule has 0 spiro atoms. The monoisotopic (exact) mass is 518 g/mol. The molecular formula is C25H28ClFN4O5. The number of benzene rings is 2. The third-order valence-corrected chi connectivity index (χ3v) is 5.38. The summed E-state index contributed by atoms with van der Waals surface area (Å²) in [6.45, 7) is 6.73. The van der Waals surface area contributed by atoms with E-state index in [0.717, 1.165) is 18.9 Å². The van der Waals surface area contributed by atoms with Crippen LogP contribution < -0.4 is 21.1 Å². The molecule has 5 amide bonds. The maximum absolute atomic E-state index is 14.3. The molecule has 0 saturated heterocycles. The first-order valence-corrected chi connectivity index (χ1v) is 11.7. The Balaban J connectivity index is 1.86. The van der Waals surface area contributed by atoms with Gasteiger partial charge in [-0.25, -0.2) is 19.4 Å². The Morgan fingerprint density at radius 3 is 2.42 bits per heavy atom. The van der Waals surface area contributed by atoms with Crippen molar-refractivity contribution in [2.45, 2.75) is 52.7 Å². The molecule has 0 radical (unpaired) electrons. The highest BCUT2D eigenvalue weighted by Crippen LogP contribution is 2.30. The first kappa shape index (κ1) is 26.9. The van der Waals surface area contributed by atoms with Gasteiger partial charge in [0.25, 0.3) is 5.91 Å². The van der Waals surface area contributed by atoms with Crippen LogP contribution in [0.1, 0.15) is 55.1 Å². The number of amides is 5. The molecule has 11 heteroatoms. The number of urea groups is 1. The predicted molar refractivity (Wildman–Crippen MR) is 132 cm³/mol. The van der Waals surface area contributed by atoms with E-state index in [2.05, 4.69) is 16.1 Å². The van der Waals surface area contributed by atoms with Gasteiger partial charge < -0.3 is 10.1 Å². The SMILES string of the molecule is Cc1ccc(C(=O)NC(=O)N(NC(=O)OC(C)(C)C)c2cc(CNC(=O)C3CC3)ccc2Cl)c(F)c1. The number of hydrogen-bond donors (Lipinski definition) is 3. The second-order valence-corrected chi connectivity index (χ2v) is 9.88. The molecular weight excluding hydrogens is 491 g/mol. The number of carbonyl (C=O) groups is 4. The maximum atomic E-state index is 14.3. The number of nitrogens with one attached hydrogen (secondary N) is 3. The molecule has 0 aliphatic heterocycles. The molecule has 1 fully saturated rings. The Labute approximate surface area is 213 Å². The Hall–Kier alpha value is -3.66. The normalized spacial score (nSPS) is 12.9. The van der Waals surface area contributed by atoms with E-state index in [4.69, 9.17) is 16.3 Å². The summed E-state index contributed by atoms with van der Waals surface area (Å²) in [6.07, 6.45) is 0.706. The van der Waals surface area contributed by atoms with Crippen LogP contribution >= 0.6 is 11.6 Å². The third kappa shape index (κ3) is 7.42. The van der Waals surface area contributed by atoms with E-state index in [-0.39, 0.29) is 34.6 Å². The Kier molecular flexibility index (Phi) is 8.19. The smallest absolute Gasteiger partial charge is 0.427 e. The molecule has 3 N–H and O–H groups in total. The van der Waals surface area contributed by atoms with Crippen molar-refractivity contribution in [2.24, 2.45) is 5.92 Å². The van der Waals surface area contributed by atoms with Crippen molar-refractivity contribution in [1.29, 1.82) is 0 Å². The fourth-order valence-corrected chi connectivity index (χ4v) is 3.36. The van der Waals surface area contributed by atoms with Gasteiger partial charge in [-0.05, 0) is 75.9 Å². The lowest BCUT2D eigenvalue weighted by Crippen LogP contribution is -2.53. The average Bonchev–Trinajstić information content (AvgIpc) is 3.61. The van der Waals surface area contributed by atoms with Crippen LogP contribution in [0.5, 0.6) is 0 Å². The maximum Gasteiger partial charge on any atom is 0.427 e. The summed E-state index contributed by atoms with van der Waals surface area (Å²) in [4.78, 5) is 50.2. The van der Waals surface area contributed by atoms with Crippen LogP contribution in [0.15, 0.2) is 36.4 Å². The van der Waals surface area contributed by atoms with Crippen LogP contribution in [0.3, 0.4) is 0 Å². The van der Waals surface area contributed by atoms with Crippen molar-refractivity contribution in [3.05, 3.63) is 63.9 Å². The van der Waals surface area contributed by atoms with Crippen molar-refractivity contribution >= 4 is 41.2 Å². The molecule has 0 atom stereocenters. The molecule has 0 bridgehead atoms. The second kappa shape index (κ2) is 10.9.